The molecule has 0 unspecified atom stereocenters. The molecule has 1 aromatic heterocycles. The summed E-state index contributed by atoms with van der Waals surface area (Å²) in [5, 5.41) is 4.23. The first-order valence-electron chi connectivity index (χ1n) is 8.53. The Labute approximate surface area is 140 Å². The lowest BCUT2D eigenvalue weighted by Gasteiger charge is -2.41. The van der Waals surface area contributed by atoms with Gasteiger partial charge in [0.05, 0.1) is 18.4 Å². The summed E-state index contributed by atoms with van der Waals surface area (Å²) in [5.74, 6) is 1.54. The van der Waals surface area contributed by atoms with E-state index in [2.05, 4.69) is 10.00 Å². The normalized spacial score (nSPS) is 24.4. The summed E-state index contributed by atoms with van der Waals surface area (Å²) in [7, 11) is 1.91. The summed E-state index contributed by atoms with van der Waals surface area (Å²) in [4.78, 5) is 17.4. The Balaban J connectivity index is 1.43. The first-order chi connectivity index (χ1) is 11.7. The molecule has 0 saturated heterocycles. The van der Waals surface area contributed by atoms with Gasteiger partial charge in [0.2, 0.25) is 5.91 Å². The van der Waals surface area contributed by atoms with Crippen LogP contribution in [0.2, 0.25) is 0 Å². The molecule has 0 radical (unpaired) electrons. The molecule has 2 aliphatic heterocycles. The number of aryl methyl sites for hydroxylation is 1. The van der Waals surface area contributed by atoms with Crippen molar-refractivity contribution in [3.8, 4) is 5.75 Å². The van der Waals surface area contributed by atoms with Gasteiger partial charge in [0.15, 0.2) is 0 Å². The Kier molecular flexibility index (Phi) is 2.89. The van der Waals surface area contributed by atoms with Gasteiger partial charge >= 0.3 is 0 Å². The second-order valence-corrected chi connectivity index (χ2v) is 6.85. The molecule has 24 heavy (non-hydrogen) atoms. The number of ether oxygens (including phenoxy) is 1. The van der Waals surface area contributed by atoms with Crippen molar-refractivity contribution < 1.29 is 9.53 Å². The minimum atomic E-state index is 0.0844. The Hall–Kier alpha value is -2.50. The fourth-order valence-corrected chi connectivity index (χ4v) is 4.00. The topological polar surface area (TPSA) is 50.6 Å². The molecular formula is C18H20N4O2. The molecule has 6 nitrogen and oxygen atoms in total. The summed E-state index contributed by atoms with van der Waals surface area (Å²) < 4.78 is 7.58. The molecule has 1 saturated carbocycles. The van der Waals surface area contributed by atoms with Crippen LogP contribution in [0.25, 0.3) is 0 Å². The van der Waals surface area contributed by atoms with E-state index in [9.17, 15) is 4.79 Å². The largest absolute Gasteiger partial charge is 0.489 e. The van der Waals surface area contributed by atoms with Crippen LogP contribution in [0.15, 0.2) is 30.6 Å². The lowest BCUT2D eigenvalue weighted by molar-refractivity contribution is -0.119. The van der Waals surface area contributed by atoms with Gasteiger partial charge in [-0.3, -0.25) is 9.48 Å². The number of hydrogen-bond acceptors (Lipinski definition) is 4. The fourth-order valence-electron chi connectivity index (χ4n) is 4.00. The fraction of sp³-hybridized carbons (Fsp3) is 0.444. The lowest BCUT2D eigenvalue weighted by atomic mass is 10.1. The molecule has 2 atom stereocenters. The minimum absolute atomic E-state index is 0.0844. The van der Waals surface area contributed by atoms with Gasteiger partial charge in [-0.2, -0.15) is 5.10 Å². The molecule has 1 fully saturated rings. The third-order valence-electron chi connectivity index (χ3n) is 5.32. The second kappa shape index (κ2) is 5.00. The van der Waals surface area contributed by atoms with Crippen LogP contribution in [0.4, 0.5) is 11.4 Å². The molecule has 1 aliphatic carbocycles. The van der Waals surface area contributed by atoms with Crippen molar-refractivity contribution in [2.75, 3.05) is 36.0 Å². The summed E-state index contributed by atoms with van der Waals surface area (Å²) in [6.07, 6.45) is 4.83. The van der Waals surface area contributed by atoms with Gasteiger partial charge in [0.1, 0.15) is 18.0 Å². The van der Waals surface area contributed by atoms with Gasteiger partial charge in [-0.15, -0.1) is 0 Å². The van der Waals surface area contributed by atoms with Gasteiger partial charge < -0.3 is 14.5 Å². The summed E-state index contributed by atoms with van der Waals surface area (Å²) >= 11 is 0. The molecule has 2 aromatic rings. The van der Waals surface area contributed by atoms with Crippen LogP contribution in [0, 0.1) is 5.92 Å². The SMILES string of the molecule is Cn1cc([C@@H]2C[C@H]2C(=O)N2CCN3CCOc4cccc2c43)cn1. The molecule has 3 heterocycles. The second-order valence-electron chi connectivity index (χ2n) is 6.85. The van der Waals surface area contributed by atoms with Crippen molar-refractivity contribution in [2.24, 2.45) is 13.0 Å². The number of anilines is 2. The number of nitrogens with zero attached hydrogens (tertiary/aromatic N) is 4. The van der Waals surface area contributed by atoms with Crippen LogP contribution in [-0.4, -0.2) is 41.9 Å². The maximum atomic E-state index is 13.1. The van der Waals surface area contributed by atoms with Crippen molar-refractivity contribution >= 4 is 17.3 Å². The van der Waals surface area contributed by atoms with E-state index in [0.717, 1.165) is 49.8 Å². The van der Waals surface area contributed by atoms with Gasteiger partial charge in [0, 0.05) is 32.3 Å². The van der Waals surface area contributed by atoms with Crippen LogP contribution in [0.5, 0.6) is 5.75 Å². The Morgan fingerprint density at radius 1 is 1.29 bits per heavy atom. The number of carbonyl (C=O) groups is 1. The van der Waals surface area contributed by atoms with Crippen molar-refractivity contribution in [2.45, 2.75) is 12.3 Å². The van der Waals surface area contributed by atoms with E-state index < -0.39 is 0 Å². The number of aromatic nitrogens is 2. The van der Waals surface area contributed by atoms with E-state index in [1.54, 1.807) is 4.68 Å². The number of para-hydroxylation sites is 1. The van der Waals surface area contributed by atoms with Gasteiger partial charge in [-0.05, 0) is 30.0 Å². The van der Waals surface area contributed by atoms with E-state index in [4.69, 9.17) is 4.74 Å². The summed E-state index contributed by atoms with van der Waals surface area (Å²) in [5.41, 5.74) is 3.26. The van der Waals surface area contributed by atoms with Crippen molar-refractivity contribution in [3.63, 3.8) is 0 Å². The average molecular weight is 324 g/mol. The molecule has 0 N–H and O–H groups in total. The summed E-state index contributed by atoms with van der Waals surface area (Å²) in [6.45, 7) is 3.25. The number of carbonyl (C=O) groups excluding carboxylic acids is 1. The van der Waals surface area contributed by atoms with Gasteiger partial charge in [-0.1, -0.05) is 6.07 Å². The molecular weight excluding hydrogens is 304 g/mol. The highest BCUT2D eigenvalue weighted by Gasteiger charge is 2.47. The molecule has 5 rings (SSSR count). The molecule has 124 valence electrons. The number of amides is 1. The molecule has 3 aliphatic rings. The Morgan fingerprint density at radius 2 is 2.21 bits per heavy atom. The standard InChI is InChI=1S/C18H20N4O2/c1-20-11-12(10-19-20)13-9-14(13)18(23)22-6-5-21-7-8-24-16-4-2-3-15(22)17(16)21/h2-4,10-11,13-14H,5-9H2,1H3/t13-,14+/m0/s1. The van der Waals surface area contributed by atoms with E-state index in [-0.39, 0.29) is 11.8 Å². The quantitative estimate of drug-likeness (QED) is 0.845. The molecule has 0 spiro atoms. The van der Waals surface area contributed by atoms with Crippen LogP contribution in [-0.2, 0) is 11.8 Å². The number of benzene rings is 1. The van der Waals surface area contributed by atoms with Crippen molar-refractivity contribution in [1.82, 2.24) is 9.78 Å². The lowest BCUT2D eigenvalue weighted by Crippen LogP contribution is -2.47. The third-order valence-corrected chi connectivity index (χ3v) is 5.32. The highest BCUT2D eigenvalue weighted by atomic mass is 16.5. The van der Waals surface area contributed by atoms with E-state index in [1.807, 2.05) is 42.5 Å². The molecule has 0 bridgehead atoms. The zero-order valence-corrected chi connectivity index (χ0v) is 13.7. The van der Waals surface area contributed by atoms with Crippen LogP contribution >= 0.6 is 0 Å². The Bertz CT molecular complexity index is 815. The van der Waals surface area contributed by atoms with Crippen LogP contribution in [0.3, 0.4) is 0 Å². The van der Waals surface area contributed by atoms with Crippen LogP contribution in [0.1, 0.15) is 17.9 Å². The molecule has 1 aromatic carbocycles. The minimum Gasteiger partial charge on any atom is -0.489 e. The highest BCUT2D eigenvalue weighted by Crippen LogP contribution is 2.50. The van der Waals surface area contributed by atoms with E-state index >= 15 is 0 Å². The predicted molar refractivity (Wildman–Crippen MR) is 90.6 cm³/mol. The van der Waals surface area contributed by atoms with Gasteiger partial charge in [-0.25, -0.2) is 0 Å². The molecule has 1 amide bonds. The zero-order chi connectivity index (χ0) is 16.3. The Morgan fingerprint density at radius 3 is 3.04 bits per heavy atom. The van der Waals surface area contributed by atoms with E-state index in [0.29, 0.717) is 5.92 Å². The van der Waals surface area contributed by atoms with Crippen LogP contribution < -0.4 is 14.5 Å². The average Bonchev–Trinajstić information content (AvgIpc) is 3.29. The third kappa shape index (κ3) is 2.02. The monoisotopic (exact) mass is 324 g/mol. The first-order valence-corrected chi connectivity index (χ1v) is 8.53. The number of rotatable bonds is 2. The van der Waals surface area contributed by atoms with Crippen molar-refractivity contribution in [1.29, 1.82) is 0 Å². The van der Waals surface area contributed by atoms with E-state index in [1.165, 1.54) is 5.56 Å². The smallest absolute Gasteiger partial charge is 0.230 e. The number of hydrogen-bond donors (Lipinski definition) is 0. The maximum Gasteiger partial charge on any atom is 0.230 e. The molecule has 6 heteroatoms. The zero-order valence-electron chi connectivity index (χ0n) is 13.7. The maximum absolute atomic E-state index is 13.1. The highest BCUT2D eigenvalue weighted by molar-refractivity contribution is 6.02. The first kappa shape index (κ1) is 13.9. The summed E-state index contributed by atoms with van der Waals surface area (Å²) in [6, 6.07) is 6.02. The van der Waals surface area contributed by atoms with Gasteiger partial charge in [0.25, 0.3) is 0 Å². The predicted octanol–water partition coefficient (Wildman–Crippen LogP) is 1.77. The van der Waals surface area contributed by atoms with Crippen molar-refractivity contribution in [3.05, 3.63) is 36.2 Å².